The van der Waals surface area contributed by atoms with Crippen LogP contribution in [0.3, 0.4) is 0 Å². The van der Waals surface area contributed by atoms with E-state index in [1.807, 2.05) is 36.4 Å². The highest BCUT2D eigenvalue weighted by atomic mass is 35.5. The first-order valence-electron chi connectivity index (χ1n) is 8.96. The van der Waals surface area contributed by atoms with Gasteiger partial charge in [0.1, 0.15) is 13.2 Å². The highest BCUT2D eigenvalue weighted by Crippen LogP contribution is 2.40. The molecule has 0 bridgehead atoms. The van der Waals surface area contributed by atoms with Gasteiger partial charge < -0.3 is 19.6 Å². The van der Waals surface area contributed by atoms with Crippen LogP contribution in [-0.2, 0) is 12.0 Å². The van der Waals surface area contributed by atoms with Crippen LogP contribution >= 0.6 is 34.8 Å². The van der Waals surface area contributed by atoms with Crippen molar-refractivity contribution >= 4 is 46.5 Å². The number of oxazole rings is 1. The first-order valence-corrected chi connectivity index (χ1v) is 10.3. The minimum absolute atomic E-state index is 0.192. The molecule has 8 heteroatoms. The minimum atomic E-state index is -0.343. The van der Waals surface area contributed by atoms with Gasteiger partial charge in [-0.25, -0.2) is 4.98 Å². The number of nitrogens with zero attached hydrogens (tertiary/aromatic N) is 1. The lowest BCUT2D eigenvalue weighted by Gasteiger charge is -2.27. The maximum Gasteiger partial charge on any atom is 0.299 e. The number of nitrogens with one attached hydrogen (secondary N) is 1. The molecule has 0 unspecified atom stereocenters. The fourth-order valence-electron chi connectivity index (χ4n) is 2.90. The Morgan fingerprint density at radius 1 is 1.10 bits per heavy atom. The average molecular weight is 456 g/mol. The third-order valence-electron chi connectivity index (χ3n) is 4.61. The number of ether oxygens (including phenoxy) is 1. The minimum Gasteiger partial charge on any atom is -0.489 e. The SMILES string of the molecule is CC(C)(c1ccc(Nc2ncc(CO)o2)cc1)c1cc(Cl)c(OCCCl)c(Cl)c1. The third kappa shape index (κ3) is 4.98. The van der Waals surface area contributed by atoms with Crippen LogP contribution in [0.5, 0.6) is 5.75 Å². The maximum absolute atomic E-state index is 9.06. The number of rotatable bonds is 8. The van der Waals surface area contributed by atoms with Crippen LogP contribution in [0.25, 0.3) is 0 Å². The van der Waals surface area contributed by atoms with Crippen LogP contribution in [0.4, 0.5) is 11.7 Å². The molecule has 0 aliphatic carbocycles. The number of hydrogen-bond donors (Lipinski definition) is 2. The third-order valence-corrected chi connectivity index (χ3v) is 5.33. The second kappa shape index (κ2) is 9.26. The number of aliphatic hydroxyl groups excluding tert-OH is 1. The monoisotopic (exact) mass is 454 g/mol. The molecular weight excluding hydrogens is 435 g/mol. The second-order valence-corrected chi connectivity index (χ2v) is 8.12. The van der Waals surface area contributed by atoms with Gasteiger partial charge in [-0.1, -0.05) is 49.2 Å². The summed E-state index contributed by atoms with van der Waals surface area (Å²) in [6, 6.07) is 11.9. The van der Waals surface area contributed by atoms with E-state index < -0.39 is 0 Å². The van der Waals surface area contributed by atoms with Gasteiger partial charge in [0.05, 0.1) is 22.1 Å². The number of hydrogen-bond acceptors (Lipinski definition) is 5. The molecule has 0 radical (unpaired) electrons. The van der Waals surface area contributed by atoms with Crippen LogP contribution in [0.15, 0.2) is 47.0 Å². The molecule has 0 aliphatic heterocycles. The molecule has 1 heterocycles. The van der Waals surface area contributed by atoms with Crippen LogP contribution in [0, 0.1) is 0 Å². The van der Waals surface area contributed by atoms with E-state index in [0.29, 0.717) is 40.1 Å². The lowest BCUT2D eigenvalue weighted by molar-refractivity contribution is 0.249. The van der Waals surface area contributed by atoms with Gasteiger partial charge in [0.2, 0.25) is 0 Å². The van der Waals surface area contributed by atoms with E-state index in [2.05, 4.69) is 24.1 Å². The number of aliphatic hydroxyl groups is 1. The number of alkyl halides is 1. The summed E-state index contributed by atoms with van der Waals surface area (Å²) in [5.41, 5.74) is 2.51. The van der Waals surface area contributed by atoms with Crippen LogP contribution < -0.4 is 10.1 Å². The van der Waals surface area contributed by atoms with Crippen molar-refractivity contribution in [2.24, 2.45) is 0 Å². The first-order chi connectivity index (χ1) is 13.8. The summed E-state index contributed by atoms with van der Waals surface area (Å²) in [7, 11) is 0. The standard InChI is InChI=1S/C21H21Cl3N2O3/c1-21(2,14-9-17(23)19(18(24)10-14)28-8-7-22)13-3-5-15(6-4-13)26-20-25-11-16(12-27)29-20/h3-6,9-11,27H,7-8,12H2,1-2H3,(H,25,26). The number of benzene rings is 2. The Kier molecular flexibility index (Phi) is 6.96. The maximum atomic E-state index is 9.06. The Balaban J connectivity index is 1.81. The smallest absolute Gasteiger partial charge is 0.299 e. The van der Waals surface area contributed by atoms with E-state index in [-0.39, 0.29) is 12.0 Å². The normalized spacial score (nSPS) is 11.5. The predicted octanol–water partition coefficient (Wildman–Crippen LogP) is 6.16. The summed E-state index contributed by atoms with van der Waals surface area (Å²) < 4.78 is 10.9. The Labute approximate surface area is 184 Å². The molecule has 2 N–H and O–H groups in total. The molecule has 154 valence electrons. The summed E-state index contributed by atoms with van der Waals surface area (Å²) >= 11 is 18.5. The van der Waals surface area contributed by atoms with E-state index in [4.69, 9.17) is 49.1 Å². The molecule has 0 atom stereocenters. The van der Waals surface area contributed by atoms with Crippen molar-refractivity contribution < 1.29 is 14.3 Å². The molecule has 0 amide bonds. The first kappa shape index (κ1) is 21.8. The van der Waals surface area contributed by atoms with E-state index in [1.54, 1.807) is 0 Å². The zero-order chi connectivity index (χ0) is 21.0. The van der Waals surface area contributed by atoms with Crippen molar-refractivity contribution in [3.8, 4) is 5.75 Å². The van der Waals surface area contributed by atoms with Gasteiger partial charge in [0.25, 0.3) is 6.01 Å². The summed E-state index contributed by atoms with van der Waals surface area (Å²) in [4.78, 5) is 4.06. The van der Waals surface area contributed by atoms with Gasteiger partial charge in [-0.05, 0) is 35.4 Å². The zero-order valence-corrected chi connectivity index (χ0v) is 18.3. The van der Waals surface area contributed by atoms with Gasteiger partial charge in [-0.2, -0.15) is 0 Å². The van der Waals surface area contributed by atoms with Crippen molar-refractivity contribution in [2.75, 3.05) is 17.8 Å². The largest absolute Gasteiger partial charge is 0.489 e. The topological polar surface area (TPSA) is 67.5 Å². The zero-order valence-electron chi connectivity index (χ0n) is 16.0. The molecule has 0 saturated heterocycles. The fourth-order valence-corrected chi connectivity index (χ4v) is 3.57. The Bertz CT molecular complexity index is 949. The van der Waals surface area contributed by atoms with E-state index in [9.17, 15) is 0 Å². The lowest BCUT2D eigenvalue weighted by atomic mass is 9.78. The number of halogens is 3. The molecule has 0 saturated carbocycles. The van der Waals surface area contributed by atoms with Gasteiger partial charge in [-0.3, -0.25) is 0 Å². The van der Waals surface area contributed by atoms with Crippen molar-refractivity contribution in [1.29, 1.82) is 0 Å². The molecule has 2 aromatic carbocycles. The quantitative estimate of drug-likeness (QED) is 0.398. The van der Waals surface area contributed by atoms with Crippen molar-refractivity contribution in [3.05, 3.63) is 69.5 Å². The van der Waals surface area contributed by atoms with Gasteiger partial charge in [0.15, 0.2) is 11.5 Å². The molecule has 0 spiro atoms. The lowest BCUT2D eigenvalue weighted by Crippen LogP contribution is -2.19. The number of aromatic nitrogens is 1. The Morgan fingerprint density at radius 2 is 1.76 bits per heavy atom. The van der Waals surface area contributed by atoms with Crippen LogP contribution in [0.1, 0.15) is 30.7 Å². The van der Waals surface area contributed by atoms with Gasteiger partial charge >= 0.3 is 0 Å². The van der Waals surface area contributed by atoms with E-state index in [1.165, 1.54) is 6.20 Å². The Hall–Kier alpha value is -1.92. The molecule has 1 aromatic heterocycles. The average Bonchev–Trinajstić information content (AvgIpc) is 3.15. The molecule has 0 fully saturated rings. The van der Waals surface area contributed by atoms with E-state index >= 15 is 0 Å². The highest BCUT2D eigenvalue weighted by Gasteiger charge is 2.25. The number of anilines is 2. The second-order valence-electron chi connectivity index (χ2n) is 6.92. The predicted molar refractivity (Wildman–Crippen MR) is 117 cm³/mol. The van der Waals surface area contributed by atoms with Crippen LogP contribution in [0.2, 0.25) is 10.0 Å². The molecule has 5 nitrogen and oxygen atoms in total. The molecule has 0 aliphatic rings. The van der Waals surface area contributed by atoms with Gasteiger partial charge in [-0.15, -0.1) is 11.6 Å². The molecule has 29 heavy (non-hydrogen) atoms. The van der Waals surface area contributed by atoms with Crippen molar-refractivity contribution in [2.45, 2.75) is 25.9 Å². The molecule has 3 rings (SSSR count). The van der Waals surface area contributed by atoms with Crippen molar-refractivity contribution in [1.82, 2.24) is 4.98 Å². The molecular formula is C21H21Cl3N2O3. The van der Waals surface area contributed by atoms with Gasteiger partial charge in [0, 0.05) is 11.1 Å². The fraction of sp³-hybridized carbons (Fsp3) is 0.286. The summed E-state index contributed by atoms with van der Waals surface area (Å²) in [6.07, 6.45) is 1.48. The summed E-state index contributed by atoms with van der Waals surface area (Å²) in [5, 5.41) is 13.0. The summed E-state index contributed by atoms with van der Waals surface area (Å²) in [6.45, 7) is 4.34. The van der Waals surface area contributed by atoms with E-state index in [0.717, 1.165) is 16.8 Å². The molecule has 3 aromatic rings. The summed E-state index contributed by atoms with van der Waals surface area (Å²) in [5.74, 6) is 1.20. The van der Waals surface area contributed by atoms with Crippen molar-refractivity contribution in [3.63, 3.8) is 0 Å². The Morgan fingerprint density at radius 3 is 2.31 bits per heavy atom. The van der Waals surface area contributed by atoms with Crippen LogP contribution in [-0.4, -0.2) is 22.6 Å². The highest BCUT2D eigenvalue weighted by molar-refractivity contribution is 6.37.